The minimum Gasteiger partial charge on any atom is -0.271 e. The van der Waals surface area contributed by atoms with Gasteiger partial charge in [-0.3, -0.25) is 4.74 Å². The maximum Gasteiger partial charge on any atom is 0.454 e. The molecule has 0 saturated carbocycles. The Hall–Kier alpha value is -1.37. The molecule has 1 heterocycles. The molecule has 1 rings (SSSR count). The zero-order chi connectivity index (χ0) is 16.7. The summed E-state index contributed by atoms with van der Waals surface area (Å²) in [6.45, 7) is 0. The molecule has 0 spiro atoms. The van der Waals surface area contributed by atoms with Crippen molar-refractivity contribution in [1.82, 2.24) is 3.97 Å². The predicted octanol–water partition coefficient (Wildman–Crippen LogP) is 3.36. The molecule has 1 aromatic heterocycles. The van der Waals surface area contributed by atoms with Gasteiger partial charge in [-0.1, -0.05) is 7.43 Å². The highest BCUT2D eigenvalue weighted by molar-refractivity contribution is 7.91. The number of hydrogen-bond donors (Lipinski definition) is 0. The van der Waals surface area contributed by atoms with Gasteiger partial charge in [0.1, 0.15) is 0 Å². The fraction of sp³-hybridized carbons (Fsp3) is 0.556. The van der Waals surface area contributed by atoms with Gasteiger partial charge in [-0.05, 0) is 12.1 Å². The van der Waals surface area contributed by atoms with E-state index in [0.29, 0.717) is 12.4 Å². The lowest BCUT2D eigenvalue weighted by Crippen LogP contribution is -2.53. The smallest absolute Gasteiger partial charge is 0.271 e. The van der Waals surface area contributed by atoms with Gasteiger partial charge >= 0.3 is 27.6 Å². The van der Waals surface area contributed by atoms with Crippen molar-refractivity contribution in [2.75, 3.05) is 0 Å². The van der Waals surface area contributed by atoms with Crippen molar-refractivity contribution in [3.63, 3.8) is 0 Å². The van der Waals surface area contributed by atoms with Crippen LogP contribution in [0.25, 0.3) is 0 Å². The average Bonchev–Trinajstić information content (AvgIpc) is 2.80. The van der Waals surface area contributed by atoms with Crippen LogP contribution in [0.2, 0.25) is 0 Å². The Labute approximate surface area is 119 Å². The maximum absolute atomic E-state index is 13.3. The zero-order valence-electron chi connectivity index (χ0n) is 9.49. The Morgan fingerprint density at radius 2 is 1.36 bits per heavy atom. The van der Waals surface area contributed by atoms with Gasteiger partial charge in [0.15, 0.2) is 0 Å². The number of nitrogens with zero attached hydrogens (tertiary/aromatic N) is 1. The number of ether oxygens (including phenoxy) is 1. The maximum atomic E-state index is 13.3. The first-order valence-corrected chi connectivity index (χ1v) is 6.20. The second-order valence-electron chi connectivity index (χ2n) is 3.53. The molecular formula is C9H9F8NO3S. The van der Waals surface area contributed by atoms with Crippen molar-refractivity contribution in [2.45, 2.75) is 31.3 Å². The fourth-order valence-corrected chi connectivity index (χ4v) is 2.10. The number of halogens is 8. The van der Waals surface area contributed by atoms with E-state index in [1.165, 1.54) is 0 Å². The van der Waals surface area contributed by atoms with Gasteiger partial charge in [0.2, 0.25) is 0 Å². The Kier molecular flexibility index (Phi) is 5.65. The van der Waals surface area contributed by atoms with E-state index in [-0.39, 0.29) is 11.4 Å². The van der Waals surface area contributed by atoms with Crippen LogP contribution in [0.15, 0.2) is 24.5 Å². The Morgan fingerprint density at radius 1 is 0.955 bits per heavy atom. The van der Waals surface area contributed by atoms with Crippen LogP contribution in [0.5, 0.6) is 0 Å². The minimum atomic E-state index is -6.26. The van der Waals surface area contributed by atoms with Gasteiger partial charge in [0.25, 0.3) is 6.36 Å². The summed E-state index contributed by atoms with van der Waals surface area (Å²) in [6, 6.07) is 1.75. The van der Waals surface area contributed by atoms with Crippen LogP contribution in [-0.4, -0.2) is 36.3 Å². The van der Waals surface area contributed by atoms with E-state index < -0.39 is 33.9 Å². The first-order valence-electron chi connectivity index (χ1n) is 4.76. The first kappa shape index (κ1) is 20.6. The van der Waals surface area contributed by atoms with Gasteiger partial charge < -0.3 is 0 Å². The molecule has 0 fully saturated rings. The summed E-state index contributed by atoms with van der Waals surface area (Å²) in [5.74, 6) is 0. The van der Waals surface area contributed by atoms with Crippen molar-refractivity contribution in [3.8, 4) is 0 Å². The fourth-order valence-electron chi connectivity index (χ4n) is 1.03. The molecule has 0 radical (unpaired) electrons. The molecule has 0 aromatic carbocycles. The molecule has 0 amide bonds. The predicted molar refractivity (Wildman–Crippen MR) is 57.4 cm³/mol. The third-order valence-electron chi connectivity index (χ3n) is 2.03. The van der Waals surface area contributed by atoms with Gasteiger partial charge in [0.05, 0.1) is 0 Å². The van der Waals surface area contributed by atoms with Crippen molar-refractivity contribution in [2.24, 2.45) is 0 Å². The minimum absolute atomic E-state index is 0. The average molecular weight is 363 g/mol. The summed E-state index contributed by atoms with van der Waals surface area (Å²) in [7, 11) is -6.17. The van der Waals surface area contributed by atoms with Gasteiger partial charge in [-0.25, -0.2) is 8.36 Å². The summed E-state index contributed by atoms with van der Waals surface area (Å²) >= 11 is 0. The molecule has 0 bridgehead atoms. The molecule has 130 valence electrons. The van der Waals surface area contributed by atoms with Gasteiger partial charge in [-0.15, -0.1) is 0 Å². The summed E-state index contributed by atoms with van der Waals surface area (Å²) < 4.78 is 124. The SMILES string of the molecule is C.O=S(=O)(n1cccc1)C(F)(F)C(F)(F)OC(F)C(F)(F)F. The molecule has 0 N–H and O–H groups in total. The second kappa shape index (κ2) is 6.02. The summed E-state index contributed by atoms with van der Waals surface area (Å²) in [4.78, 5) is 0. The lowest BCUT2D eigenvalue weighted by Gasteiger charge is -2.27. The standard InChI is InChI=1S/C8H5F8NO3S.CH4/c9-5(6(10,11)12)20-7(13,14)8(15,16)21(18,19)17-3-1-2-4-17;/h1-5H;1H4. The van der Waals surface area contributed by atoms with E-state index in [1.54, 1.807) is 0 Å². The quantitative estimate of drug-likeness (QED) is 0.754. The van der Waals surface area contributed by atoms with Crippen LogP contribution in [0.1, 0.15) is 7.43 Å². The van der Waals surface area contributed by atoms with Gasteiger partial charge in [0, 0.05) is 12.4 Å². The van der Waals surface area contributed by atoms with E-state index in [4.69, 9.17) is 0 Å². The molecule has 0 saturated heterocycles. The second-order valence-corrected chi connectivity index (χ2v) is 5.41. The molecular weight excluding hydrogens is 354 g/mol. The Morgan fingerprint density at radius 3 is 1.73 bits per heavy atom. The van der Waals surface area contributed by atoms with Crippen molar-refractivity contribution < 1.29 is 48.3 Å². The monoisotopic (exact) mass is 363 g/mol. The highest BCUT2D eigenvalue weighted by Gasteiger charge is 2.70. The molecule has 1 unspecified atom stereocenters. The lowest BCUT2D eigenvalue weighted by molar-refractivity contribution is -0.393. The molecule has 22 heavy (non-hydrogen) atoms. The Balaban J connectivity index is 0.00000441. The largest absolute Gasteiger partial charge is 0.454 e. The summed E-state index contributed by atoms with van der Waals surface area (Å²) in [5, 5.41) is -6.14. The van der Waals surface area contributed by atoms with Crippen LogP contribution in [0.3, 0.4) is 0 Å². The van der Waals surface area contributed by atoms with Gasteiger partial charge in [-0.2, -0.15) is 39.2 Å². The van der Waals surface area contributed by atoms with Crippen molar-refractivity contribution in [1.29, 1.82) is 0 Å². The Bertz CT molecular complexity index is 581. The first-order chi connectivity index (χ1) is 9.23. The van der Waals surface area contributed by atoms with Crippen LogP contribution in [0.4, 0.5) is 35.1 Å². The van der Waals surface area contributed by atoms with E-state index in [9.17, 15) is 43.5 Å². The number of hydrogen-bond acceptors (Lipinski definition) is 3. The van der Waals surface area contributed by atoms with Crippen molar-refractivity contribution in [3.05, 3.63) is 24.5 Å². The van der Waals surface area contributed by atoms with E-state index in [0.717, 1.165) is 12.1 Å². The van der Waals surface area contributed by atoms with E-state index in [1.807, 2.05) is 0 Å². The van der Waals surface area contributed by atoms with Crippen LogP contribution < -0.4 is 0 Å². The number of rotatable bonds is 5. The molecule has 4 nitrogen and oxygen atoms in total. The van der Waals surface area contributed by atoms with E-state index >= 15 is 0 Å². The molecule has 0 aliphatic rings. The third kappa shape index (κ3) is 3.51. The topological polar surface area (TPSA) is 48.3 Å². The van der Waals surface area contributed by atoms with E-state index in [2.05, 4.69) is 4.74 Å². The molecule has 13 heteroatoms. The summed E-state index contributed by atoms with van der Waals surface area (Å²) in [5.41, 5.74) is 0. The molecule has 1 atom stereocenters. The highest BCUT2D eigenvalue weighted by atomic mass is 32.2. The van der Waals surface area contributed by atoms with Crippen molar-refractivity contribution >= 4 is 10.0 Å². The zero-order valence-corrected chi connectivity index (χ0v) is 10.3. The number of alkyl halides is 8. The van der Waals surface area contributed by atoms with Crippen LogP contribution >= 0.6 is 0 Å². The van der Waals surface area contributed by atoms with Crippen LogP contribution in [-0.2, 0) is 14.8 Å². The summed E-state index contributed by atoms with van der Waals surface area (Å²) in [6.07, 6.45) is -16.2. The van der Waals surface area contributed by atoms with Crippen LogP contribution in [0, 0.1) is 0 Å². The number of aromatic nitrogens is 1. The normalized spacial score (nSPS) is 15.3. The third-order valence-corrected chi connectivity index (χ3v) is 3.71. The highest BCUT2D eigenvalue weighted by Crippen LogP contribution is 2.43. The molecule has 0 aliphatic carbocycles. The molecule has 1 aromatic rings. The lowest BCUT2D eigenvalue weighted by atomic mass is 10.6. The molecule has 0 aliphatic heterocycles.